The van der Waals surface area contributed by atoms with E-state index in [1.54, 1.807) is 36.3 Å². The molecule has 4 aromatic carbocycles. The lowest BCUT2D eigenvalue weighted by Gasteiger charge is -2.35. The van der Waals surface area contributed by atoms with E-state index in [2.05, 4.69) is 5.32 Å². The Balaban J connectivity index is 1.54. The molecule has 2 unspecified atom stereocenters. The minimum atomic E-state index is -0.733. The molecule has 1 heterocycles. The molecule has 194 valence electrons. The first-order chi connectivity index (χ1) is 19.0. The van der Waals surface area contributed by atoms with E-state index in [4.69, 9.17) is 4.74 Å². The monoisotopic (exact) mass is 518 g/mol. The van der Waals surface area contributed by atoms with Crippen molar-refractivity contribution in [1.29, 1.82) is 0 Å². The number of anilines is 2. The van der Waals surface area contributed by atoms with Gasteiger partial charge in [0.1, 0.15) is 11.6 Å². The summed E-state index contributed by atoms with van der Waals surface area (Å²) in [6.45, 7) is 0. The van der Waals surface area contributed by atoms with Gasteiger partial charge in [0.15, 0.2) is 5.78 Å². The number of hydrogen-bond donors (Lipinski definition) is 1. The molecule has 2 aliphatic rings. The third-order valence-electron chi connectivity index (χ3n) is 7.48. The Labute approximate surface area is 226 Å². The van der Waals surface area contributed by atoms with Crippen molar-refractivity contribution in [3.63, 3.8) is 0 Å². The van der Waals surface area contributed by atoms with Gasteiger partial charge in [0.05, 0.1) is 24.5 Å². The summed E-state index contributed by atoms with van der Waals surface area (Å²) in [4.78, 5) is 29.9. The maximum atomic E-state index is 14.2. The molecule has 0 radical (unpaired) electrons. The van der Waals surface area contributed by atoms with Crippen LogP contribution in [0.5, 0.6) is 5.75 Å². The van der Waals surface area contributed by atoms with Crippen molar-refractivity contribution in [2.24, 2.45) is 0 Å². The van der Waals surface area contributed by atoms with Crippen LogP contribution in [0.3, 0.4) is 0 Å². The van der Waals surface area contributed by atoms with Crippen LogP contribution in [-0.4, -0.2) is 18.8 Å². The van der Waals surface area contributed by atoms with E-state index < -0.39 is 6.04 Å². The number of methoxy groups -OCH3 is 1. The number of para-hydroxylation sites is 2. The van der Waals surface area contributed by atoms with Crippen LogP contribution in [0.4, 0.5) is 15.8 Å². The molecule has 6 heteroatoms. The topological polar surface area (TPSA) is 58.6 Å². The van der Waals surface area contributed by atoms with E-state index in [0.29, 0.717) is 28.8 Å². The number of rotatable bonds is 4. The second-order valence-electron chi connectivity index (χ2n) is 9.83. The third-order valence-corrected chi connectivity index (χ3v) is 7.48. The molecule has 1 N–H and O–H groups in total. The molecular formula is C33H27FN2O3. The Morgan fingerprint density at radius 2 is 1.62 bits per heavy atom. The summed E-state index contributed by atoms with van der Waals surface area (Å²) in [5.41, 5.74) is 4.87. The minimum absolute atomic E-state index is 0.0513. The number of nitrogens with one attached hydrogen (secondary N) is 1. The van der Waals surface area contributed by atoms with Crippen molar-refractivity contribution < 1.29 is 18.7 Å². The van der Waals surface area contributed by atoms with E-state index in [9.17, 15) is 14.0 Å². The molecule has 0 spiro atoms. The number of carbonyl (C=O) groups excluding carboxylic acids is 2. The highest BCUT2D eigenvalue weighted by molar-refractivity contribution is 6.12. The van der Waals surface area contributed by atoms with Gasteiger partial charge in [-0.15, -0.1) is 0 Å². The second kappa shape index (κ2) is 10.2. The Morgan fingerprint density at radius 1 is 0.872 bits per heavy atom. The number of benzene rings is 4. The predicted octanol–water partition coefficient (Wildman–Crippen LogP) is 7.05. The predicted molar refractivity (Wildman–Crippen MR) is 149 cm³/mol. The fourth-order valence-electron chi connectivity index (χ4n) is 5.63. The molecule has 0 saturated carbocycles. The molecule has 1 aliphatic carbocycles. The van der Waals surface area contributed by atoms with E-state index in [-0.39, 0.29) is 29.8 Å². The number of ketones is 1. The molecule has 4 aromatic rings. The van der Waals surface area contributed by atoms with E-state index >= 15 is 0 Å². The average molecular weight is 519 g/mol. The van der Waals surface area contributed by atoms with Gasteiger partial charge >= 0.3 is 0 Å². The lowest BCUT2D eigenvalue weighted by atomic mass is 9.78. The van der Waals surface area contributed by atoms with Crippen molar-refractivity contribution >= 4 is 23.1 Å². The van der Waals surface area contributed by atoms with Gasteiger partial charge in [-0.05, 0) is 72.0 Å². The first-order valence-corrected chi connectivity index (χ1v) is 12.9. The Kier molecular flexibility index (Phi) is 6.45. The largest absolute Gasteiger partial charge is 0.497 e. The number of hydrogen-bond acceptors (Lipinski definition) is 4. The average Bonchev–Trinajstić information content (AvgIpc) is 3.12. The van der Waals surface area contributed by atoms with Gasteiger partial charge in [0.25, 0.3) is 5.91 Å². The summed E-state index contributed by atoms with van der Waals surface area (Å²) in [7, 11) is 1.63. The first kappa shape index (κ1) is 24.6. The van der Waals surface area contributed by atoms with E-state index in [1.807, 2.05) is 66.7 Å². The van der Waals surface area contributed by atoms with Crippen LogP contribution >= 0.6 is 0 Å². The number of amides is 1. The number of halogens is 1. The molecule has 0 bridgehead atoms. The van der Waals surface area contributed by atoms with Gasteiger partial charge < -0.3 is 10.1 Å². The van der Waals surface area contributed by atoms with Crippen LogP contribution in [0.2, 0.25) is 0 Å². The third kappa shape index (κ3) is 4.59. The molecule has 0 aromatic heterocycles. The second-order valence-corrected chi connectivity index (χ2v) is 9.83. The highest BCUT2D eigenvalue weighted by Crippen LogP contribution is 2.48. The van der Waals surface area contributed by atoms with Crippen LogP contribution in [0.15, 0.2) is 114 Å². The summed E-state index contributed by atoms with van der Waals surface area (Å²) in [5.74, 6) is 0.00766. The standard InChI is InChI=1S/C33H27FN2O3/c1-39-26-11-7-10-23(18-26)24-19-28-31(30(37)20-24)32(21-14-16-25(34)17-15-21)36(29-13-6-5-12-27(29)35-28)33(38)22-8-3-2-4-9-22/h2-18,24,32,35H,19-20H2,1H3. The number of nitrogens with zero attached hydrogens (tertiary/aromatic N) is 1. The Hall–Kier alpha value is -4.71. The molecule has 0 saturated heterocycles. The van der Waals surface area contributed by atoms with E-state index in [1.165, 1.54) is 12.1 Å². The summed E-state index contributed by atoms with van der Waals surface area (Å²) in [6.07, 6.45) is 0.864. The van der Waals surface area contributed by atoms with Crippen LogP contribution in [0.25, 0.3) is 0 Å². The summed E-state index contributed by atoms with van der Waals surface area (Å²) in [6, 6.07) is 29.7. The minimum Gasteiger partial charge on any atom is -0.497 e. The smallest absolute Gasteiger partial charge is 0.259 e. The van der Waals surface area contributed by atoms with Gasteiger partial charge in [0.2, 0.25) is 0 Å². The molecule has 1 amide bonds. The SMILES string of the molecule is COc1cccc(C2CC(=O)C3=C(C2)Nc2ccccc2N(C(=O)c2ccccc2)C3c2ccc(F)cc2)c1. The maximum Gasteiger partial charge on any atom is 0.259 e. The summed E-state index contributed by atoms with van der Waals surface area (Å²) >= 11 is 0. The number of ether oxygens (including phenoxy) is 1. The van der Waals surface area contributed by atoms with Crippen molar-refractivity contribution in [2.45, 2.75) is 24.8 Å². The molecule has 0 fully saturated rings. The molecule has 39 heavy (non-hydrogen) atoms. The molecule has 5 nitrogen and oxygen atoms in total. The van der Waals surface area contributed by atoms with Crippen LogP contribution in [-0.2, 0) is 4.79 Å². The molecule has 1 aliphatic heterocycles. The normalized spacial score (nSPS) is 18.5. The number of fused-ring (bicyclic) bond motifs is 1. The fraction of sp³-hybridized carbons (Fsp3) is 0.152. The number of carbonyl (C=O) groups is 2. The van der Waals surface area contributed by atoms with Crippen molar-refractivity contribution in [3.8, 4) is 5.75 Å². The lowest BCUT2D eigenvalue weighted by molar-refractivity contribution is -0.116. The zero-order valence-corrected chi connectivity index (χ0v) is 21.4. The summed E-state index contributed by atoms with van der Waals surface area (Å²) < 4.78 is 19.4. The van der Waals surface area contributed by atoms with Gasteiger partial charge in [-0.25, -0.2) is 4.39 Å². The Morgan fingerprint density at radius 3 is 2.38 bits per heavy atom. The number of allylic oxidation sites excluding steroid dienone is 1. The van der Waals surface area contributed by atoms with Gasteiger partial charge in [-0.3, -0.25) is 14.5 Å². The molecule has 2 atom stereocenters. The Bertz CT molecular complexity index is 1580. The van der Waals surface area contributed by atoms with Gasteiger partial charge in [-0.2, -0.15) is 0 Å². The molecular weight excluding hydrogens is 491 g/mol. The van der Waals surface area contributed by atoms with Crippen LogP contribution in [0, 0.1) is 5.82 Å². The quantitative estimate of drug-likeness (QED) is 0.315. The lowest BCUT2D eigenvalue weighted by Crippen LogP contribution is -2.38. The van der Waals surface area contributed by atoms with Crippen LogP contribution in [0.1, 0.15) is 46.3 Å². The van der Waals surface area contributed by atoms with Gasteiger partial charge in [0, 0.05) is 23.3 Å². The fourth-order valence-corrected chi connectivity index (χ4v) is 5.63. The first-order valence-electron chi connectivity index (χ1n) is 12.9. The molecule has 6 rings (SSSR count). The van der Waals surface area contributed by atoms with Crippen molar-refractivity contribution in [2.75, 3.05) is 17.3 Å². The van der Waals surface area contributed by atoms with Crippen LogP contribution < -0.4 is 15.0 Å². The van der Waals surface area contributed by atoms with E-state index in [0.717, 1.165) is 22.7 Å². The van der Waals surface area contributed by atoms with Gasteiger partial charge in [-0.1, -0.05) is 54.6 Å². The highest BCUT2D eigenvalue weighted by Gasteiger charge is 2.41. The zero-order valence-electron chi connectivity index (χ0n) is 21.4. The number of Topliss-reactive ketones (excluding diaryl/α,β-unsaturated/α-hetero) is 1. The van der Waals surface area contributed by atoms with Crippen molar-refractivity contribution in [1.82, 2.24) is 0 Å². The highest BCUT2D eigenvalue weighted by atomic mass is 19.1. The zero-order chi connectivity index (χ0) is 26.9. The maximum absolute atomic E-state index is 14.2. The van der Waals surface area contributed by atoms with Crippen molar-refractivity contribution in [3.05, 3.63) is 137 Å². The summed E-state index contributed by atoms with van der Waals surface area (Å²) in [5, 5.41) is 3.53.